The highest BCUT2D eigenvalue weighted by Gasteiger charge is 2.35. The van der Waals surface area contributed by atoms with Gasteiger partial charge in [0.1, 0.15) is 17.7 Å². The van der Waals surface area contributed by atoms with Crippen molar-refractivity contribution in [1.29, 1.82) is 0 Å². The summed E-state index contributed by atoms with van der Waals surface area (Å²) in [7, 11) is 1.47. The first-order chi connectivity index (χ1) is 15.4. The fourth-order valence-electron chi connectivity index (χ4n) is 3.33. The minimum absolute atomic E-state index is 0.341. The van der Waals surface area contributed by atoms with Gasteiger partial charge >= 0.3 is 6.09 Å². The molecule has 0 radical (unpaired) electrons. The Morgan fingerprint density at radius 2 is 1.76 bits per heavy atom. The normalized spacial score (nSPS) is 12.9. The van der Waals surface area contributed by atoms with Gasteiger partial charge in [-0.15, -0.1) is 0 Å². The maximum absolute atomic E-state index is 13.4. The predicted molar refractivity (Wildman–Crippen MR) is 126 cm³/mol. The number of carbonyl (C=O) groups excluding carboxylic acids is 4. The molecular weight excluding hydrogens is 424 g/mol. The van der Waals surface area contributed by atoms with E-state index in [4.69, 9.17) is 10.5 Å². The van der Waals surface area contributed by atoms with Crippen molar-refractivity contribution in [3.8, 4) is 0 Å². The maximum Gasteiger partial charge on any atom is 0.408 e. The lowest BCUT2D eigenvalue weighted by Crippen LogP contribution is -2.53. The third-order valence-electron chi connectivity index (χ3n) is 4.94. The highest BCUT2D eigenvalue weighted by atomic mass is 16.6. The fourth-order valence-corrected chi connectivity index (χ4v) is 3.33. The van der Waals surface area contributed by atoms with Gasteiger partial charge in [0.25, 0.3) is 0 Å². The Morgan fingerprint density at radius 1 is 1.12 bits per heavy atom. The highest BCUT2D eigenvalue weighted by molar-refractivity contribution is 5.94. The summed E-state index contributed by atoms with van der Waals surface area (Å²) in [5, 5.41) is 5.31. The van der Waals surface area contributed by atoms with E-state index in [1.807, 2.05) is 19.1 Å². The molecular formula is C24H38N4O5. The number of aryl methyl sites for hydroxylation is 1. The van der Waals surface area contributed by atoms with Crippen molar-refractivity contribution >= 4 is 23.8 Å². The number of alkyl carbamates (subject to hydrolysis) is 1. The predicted octanol–water partition coefficient (Wildman–Crippen LogP) is 2.57. The first kappa shape index (κ1) is 27.9. The Bertz CT molecular complexity index is 834. The molecule has 9 nitrogen and oxygen atoms in total. The van der Waals surface area contributed by atoms with Crippen molar-refractivity contribution in [1.82, 2.24) is 15.5 Å². The number of nitrogens with zero attached hydrogens (tertiary/aromatic N) is 1. The zero-order chi connectivity index (χ0) is 25.2. The van der Waals surface area contributed by atoms with Crippen molar-refractivity contribution in [2.75, 3.05) is 13.6 Å². The third-order valence-corrected chi connectivity index (χ3v) is 4.94. The molecule has 0 aliphatic heterocycles. The second-order valence-corrected chi connectivity index (χ2v) is 9.08. The largest absolute Gasteiger partial charge is 0.444 e. The zero-order valence-corrected chi connectivity index (χ0v) is 20.6. The number of likely N-dealkylation sites (N-methyl/N-ethyl adjacent to an activating group) is 1. The van der Waals surface area contributed by atoms with Crippen molar-refractivity contribution < 1.29 is 23.9 Å². The number of amides is 4. The Hall–Kier alpha value is -3.10. The van der Waals surface area contributed by atoms with E-state index in [9.17, 15) is 19.2 Å². The summed E-state index contributed by atoms with van der Waals surface area (Å²) >= 11 is 0. The molecule has 0 aliphatic rings. The number of nitrogens with two attached hydrogens (primary N) is 1. The van der Waals surface area contributed by atoms with Gasteiger partial charge in [-0.2, -0.15) is 0 Å². The van der Waals surface area contributed by atoms with Crippen LogP contribution >= 0.6 is 0 Å². The molecule has 0 saturated carbocycles. The van der Waals surface area contributed by atoms with E-state index < -0.39 is 42.0 Å². The van der Waals surface area contributed by atoms with Gasteiger partial charge in [-0.25, -0.2) is 4.79 Å². The maximum atomic E-state index is 13.4. The molecule has 0 aromatic heterocycles. The molecule has 4 amide bonds. The summed E-state index contributed by atoms with van der Waals surface area (Å²) in [5.74, 6) is -1.74. The van der Waals surface area contributed by atoms with Crippen molar-refractivity contribution in [2.24, 2.45) is 5.73 Å². The van der Waals surface area contributed by atoms with Gasteiger partial charge in [-0.1, -0.05) is 44.0 Å². The van der Waals surface area contributed by atoms with Crippen LogP contribution in [0.4, 0.5) is 4.79 Å². The Labute approximate surface area is 196 Å². The summed E-state index contributed by atoms with van der Waals surface area (Å²) < 4.78 is 5.22. The van der Waals surface area contributed by atoms with Crippen molar-refractivity contribution in [2.45, 2.75) is 78.0 Å². The van der Waals surface area contributed by atoms with Crippen molar-refractivity contribution in [3.05, 3.63) is 35.4 Å². The van der Waals surface area contributed by atoms with E-state index in [-0.39, 0.29) is 5.91 Å². The lowest BCUT2D eigenvalue weighted by Gasteiger charge is -2.32. The number of rotatable bonds is 11. The van der Waals surface area contributed by atoms with Crippen molar-refractivity contribution in [3.63, 3.8) is 0 Å². The standard InChI is InChI=1S/C24H38N4O5/c1-7-8-11-14-26-21(30)20(17-13-10-9-12-16(17)2)28(6)22(31)18(15-19(25)29)27-23(32)33-24(3,4)5/h9-10,12-13,18,20H,7-8,11,14-15H2,1-6H3,(H2,25,29)(H,26,30)(H,27,32). The van der Waals surface area contributed by atoms with Gasteiger partial charge in [0.2, 0.25) is 17.7 Å². The number of primary amides is 1. The molecule has 33 heavy (non-hydrogen) atoms. The van der Waals surface area contributed by atoms with Crippen LogP contribution in [-0.4, -0.2) is 54.0 Å². The Morgan fingerprint density at radius 3 is 2.30 bits per heavy atom. The molecule has 0 fully saturated rings. The van der Waals surface area contributed by atoms with E-state index in [1.54, 1.807) is 32.9 Å². The molecule has 2 unspecified atom stereocenters. The van der Waals surface area contributed by atoms with Crippen LogP contribution in [0.15, 0.2) is 24.3 Å². The molecule has 0 heterocycles. The van der Waals surface area contributed by atoms with E-state index in [1.165, 1.54) is 11.9 Å². The molecule has 9 heteroatoms. The molecule has 1 aromatic rings. The Balaban J connectivity index is 3.19. The minimum Gasteiger partial charge on any atom is -0.444 e. The number of carbonyl (C=O) groups is 4. The smallest absolute Gasteiger partial charge is 0.408 e. The lowest BCUT2D eigenvalue weighted by atomic mass is 9.98. The average molecular weight is 463 g/mol. The second-order valence-electron chi connectivity index (χ2n) is 9.08. The first-order valence-electron chi connectivity index (χ1n) is 11.2. The number of hydrogen-bond donors (Lipinski definition) is 3. The topological polar surface area (TPSA) is 131 Å². The monoisotopic (exact) mass is 462 g/mol. The Kier molecular flexibility index (Phi) is 10.8. The van der Waals surface area contributed by atoms with E-state index in [0.29, 0.717) is 12.1 Å². The van der Waals surface area contributed by atoms with Gasteiger partial charge in [0.05, 0.1) is 6.42 Å². The molecule has 1 aromatic carbocycles. The summed E-state index contributed by atoms with van der Waals surface area (Å²) in [4.78, 5) is 51.6. The number of benzene rings is 1. The summed E-state index contributed by atoms with van der Waals surface area (Å²) in [6, 6.07) is 5.04. The van der Waals surface area contributed by atoms with Gasteiger partial charge < -0.3 is 26.0 Å². The lowest BCUT2D eigenvalue weighted by molar-refractivity contribution is -0.141. The van der Waals surface area contributed by atoms with Gasteiger partial charge in [-0.05, 0) is 45.2 Å². The number of hydrogen-bond acceptors (Lipinski definition) is 5. The van der Waals surface area contributed by atoms with Gasteiger partial charge in [0, 0.05) is 13.6 Å². The minimum atomic E-state index is -1.28. The van der Waals surface area contributed by atoms with Crippen LogP contribution < -0.4 is 16.4 Å². The first-order valence-corrected chi connectivity index (χ1v) is 11.2. The van der Waals surface area contributed by atoms with Gasteiger partial charge in [0.15, 0.2) is 0 Å². The highest BCUT2D eigenvalue weighted by Crippen LogP contribution is 2.24. The summed E-state index contributed by atoms with van der Waals surface area (Å²) in [6.45, 7) is 9.45. The third kappa shape index (κ3) is 9.51. The molecule has 0 bridgehead atoms. The van der Waals surface area contributed by atoms with Crippen LogP contribution in [0.25, 0.3) is 0 Å². The molecule has 1 rings (SSSR count). The average Bonchev–Trinajstić information content (AvgIpc) is 2.70. The van der Waals surface area contributed by atoms with E-state index in [2.05, 4.69) is 17.6 Å². The van der Waals surface area contributed by atoms with E-state index in [0.717, 1.165) is 24.8 Å². The van der Waals surface area contributed by atoms with Crippen LogP contribution in [0.3, 0.4) is 0 Å². The van der Waals surface area contributed by atoms with Crippen LogP contribution in [-0.2, 0) is 19.1 Å². The number of nitrogens with one attached hydrogen (secondary N) is 2. The molecule has 4 N–H and O–H groups in total. The van der Waals surface area contributed by atoms with E-state index >= 15 is 0 Å². The fraction of sp³-hybridized carbons (Fsp3) is 0.583. The molecule has 0 spiro atoms. The number of unbranched alkanes of at least 4 members (excludes halogenated alkanes) is 2. The molecule has 0 aliphatic carbocycles. The second kappa shape index (κ2) is 12.8. The van der Waals surface area contributed by atoms with Gasteiger partial charge in [-0.3, -0.25) is 14.4 Å². The van der Waals surface area contributed by atoms with Crippen LogP contribution in [0.5, 0.6) is 0 Å². The zero-order valence-electron chi connectivity index (χ0n) is 20.6. The molecule has 0 saturated heterocycles. The van der Waals surface area contributed by atoms with Crippen LogP contribution in [0.2, 0.25) is 0 Å². The number of ether oxygens (including phenoxy) is 1. The van der Waals surface area contributed by atoms with Crippen LogP contribution in [0, 0.1) is 6.92 Å². The SMILES string of the molecule is CCCCCNC(=O)C(c1ccccc1C)N(C)C(=O)C(CC(N)=O)NC(=O)OC(C)(C)C. The van der Waals surface area contributed by atoms with Crippen LogP contribution in [0.1, 0.15) is 70.5 Å². The summed E-state index contributed by atoms with van der Waals surface area (Å²) in [6.07, 6.45) is 1.53. The molecule has 184 valence electrons. The summed E-state index contributed by atoms with van der Waals surface area (Å²) in [5.41, 5.74) is 6.01. The quantitative estimate of drug-likeness (QED) is 0.435. The molecule has 2 atom stereocenters.